The summed E-state index contributed by atoms with van der Waals surface area (Å²) >= 11 is 9.48. The van der Waals surface area contributed by atoms with Crippen LogP contribution in [-0.4, -0.2) is 19.8 Å². The van der Waals surface area contributed by atoms with Crippen molar-refractivity contribution in [3.05, 3.63) is 63.8 Å². The fourth-order valence-corrected chi connectivity index (χ4v) is 3.96. The Hall–Kier alpha value is -1.89. The topological polar surface area (TPSA) is 43.1 Å². The number of thioether (sulfide) groups is 1. The van der Waals surface area contributed by atoms with Gasteiger partial charge in [0.05, 0.1) is 0 Å². The number of halogens is 1. The molecule has 0 aliphatic heterocycles. The largest absolute Gasteiger partial charge is 0.192 e. The summed E-state index contributed by atoms with van der Waals surface area (Å²) in [5.74, 6) is 1.54. The molecule has 3 heterocycles. The minimum absolute atomic E-state index is 0.744. The van der Waals surface area contributed by atoms with Crippen molar-refractivity contribution < 1.29 is 0 Å². The fraction of sp³-hybridized carbons (Fsp3) is 0.0625. The van der Waals surface area contributed by atoms with Gasteiger partial charge in [-0.05, 0) is 35.2 Å². The van der Waals surface area contributed by atoms with Gasteiger partial charge in [-0.1, -0.05) is 41.6 Å². The van der Waals surface area contributed by atoms with Crippen LogP contribution in [-0.2, 0) is 5.75 Å². The van der Waals surface area contributed by atoms with E-state index in [1.807, 2.05) is 53.2 Å². The number of rotatable bonds is 4. The smallest absolute Gasteiger partial charge is 0.186 e. The molecule has 7 heteroatoms. The van der Waals surface area contributed by atoms with Crippen LogP contribution < -0.4 is 0 Å². The lowest BCUT2D eigenvalue weighted by Gasteiger charge is -2.04. The summed E-state index contributed by atoms with van der Waals surface area (Å²) < 4.78 is 1.79. The van der Waals surface area contributed by atoms with Crippen LogP contribution in [0.2, 0.25) is 5.02 Å². The maximum absolute atomic E-state index is 6.20. The zero-order valence-corrected chi connectivity index (χ0v) is 14.3. The third-order valence-electron chi connectivity index (χ3n) is 3.35. The van der Waals surface area contributed by atoms with Gasteiger partial charge in [0.25, 0.3) is 0 Å². The third kappa shape index (κ3) is 2.97. The van der Waals surface area contributed by atoms with E-state index in [0.29, 0.717) is 0 Å². The fourth-order valence-electron chi connectivity index (χ4n) is 2.19. The van der Waals surface area contributed by atoms with Gasteiger partial charge in [-0.15, -0.1) is 10.2 Å². The Morgan fingerprint density at radius 1 is 1.09 bits per heavy atom. The average molecular weight is 359 g/mol. The van der Waals surface area contributed by atoms with Crippen LogP contribution in [0.25, 0.3) is 17.0 Å². The Labute approximate surface area is 146 Å². The van der Waals surface area contributed by atoms with Crippen molar-refractivity contribution in [2.75, 3.05) is 0 Å². The highest BCUT2D eigenvalue weighted by Gasteiger charge is 2.10. The Kier molecular flexibility index (Phi) is 4.03. The van der Waals surface area contributed by atoms with Crippen LogP contribution in [0.15, 0.2) is 58.3 Å². The summed E-state index contributed by atoms with van der Waals surface area (Å²) in [5, 5.41) is 18.8. The van der Waals surface area contributed by atoms with E-state index in [9.17, 15) is 0 Å². The standard InChI is InChI=1S/C16H11ClN4S2/c17-13-4-2-1-3-11(13)10-23-15-6-5-14-18-19-16(21(14)20-15)12-7-8-22-9-12/h1-9H,10H2. The van der Waals surface area contributed by atoms with E-state index < -0.39 is 0 Å². The molecule has 0 spiro atoms. The maximum atomic E-state index is 6.20. The second kappa shape index (κ2) is 6.31. The van der Waals surface area contributed by atoms with Crippen LogP contribution in [0.1, 0.15) is 5.56 Å². The summed E-state index contributed by atoms with van der Waals surface area (Å²) in [5.41, 5.74) is 2.87. The van der Waals surface area contributed by atoms with E-state index in [4.69, 9.17) is 11.6 Å². The van der Waals surface area contributed by atoms with Crippen LogP contribution in [0, 0.1) is 0 Å². The van der Waals surface area contributed by atoms with Crippen LogP contribution in [0.3, 0.4) is 0 Å². The SMILES string of the molecule is Clc1ccccc1CSc1ccc2nnc(-c3ccsc3)n2n1. The molecule has 0 bridgehead atoms. The molecule has 4 rings (SSSR count). The molecule has 23 heavy (non-hydrogen) atoms. The first-order valence-corrected chi connectivity index (χ1v) is 9.23. The highest BCUT2D eigenvalue weighted by molar-refractivity contribution is 7.98. The second-order valence-corrected chi connectivity index (χ2v) is 7.04. The predicted molar refractivity (Wildman–Crippen MR) is 95.1 cm³/mol. The number of nitrogens with zero attached hydrogens (tertiary/aromatic N) is 4. The van der Waals surface area contributed by atoms with Gasteiger partial charge < -0.3 is 0 Å². The molecule has 0 saturated heterocycles. The lowest BCUT2D eigenvalue weighted by atomic mass is 10.2. The summed E-state index contributed by atoms with van der Waals surface area (Å²) in [7, 11) is 0. The molecule has 3 aromatic heterocycles. The molecule has 0 aliphatic carbocycles. The van der Waals surface area contributed by atoms with Crippen molar-refractivity contribution in [3.8, 4) is 11.4 Å². The van der Waals surface area contributed by atoms with Crippen molar-refractivity contribution in [2.45, 2.75) is 10.8 Å². The van der Waals surface area contributed by atoms with Gasteiger partial charge in [-0.2, -0.15) is 21.0 Å². The van der Waals surface area contributed by atoms with E-state index >= 15 is 0 Å². The first kappa shape index (κ1) is 14.7. The number of hydrogen-bond acceptors (Lipinski definition) is 5. The van der Waals surface area contributed by atoms with Gasteiger partial charge in [0.2, 0.25) is 0 Å². The first-order valence-electron chi connectivity index (χ1n) is 6.92. The van der Waals surface area contributed by atoms with Crippen molar-refractivity contribution in [2.24, 2.45) is 0 Å². The van der Waals surface area contributed by atoms with E-state index in [1.165, 1.54) is 0 Å². The summed E-state index contributed by atoms with van der Waals surface area (Å²) in [6, 6.07) is 13.8. The molecule has 0 amide bonds. The Balaban J connectivity index is 1.64. The van der Waals surface area contributed by atoms with E-state index in [2.05, 4.69) is 15.3 Å². The van der Waals surface area contributed by atoms with E-state index in [-0.39, 0.29) is 0 Å². The molecule has 0 unspecified atom stereocenters. The van der Waals surface area contributed by atoms with Crippen molar-refractivity contribution in [1.29, 1.82) is 0 Å². The Bertz CT molecular complexity index is 950. The molecule has 4 aromatic rings. The van der Waals surface area contributed by atoms with Crippen LogP contribution in [0.5, 0.6) is 0 Å². The molecule has 0 saturated carbocycles. The van der Waals surface area contributed by atoms with Crippen molar-refractivity contribution in [1.82, 2.24) is 19.8 Å². The minimum Gasteiger partial charge on any atom is -0.192 e. The molecule has 0 aliphatic rings. The molecular formula is C16H11ClN4S2. The normalized spacial score (nSPS) is 11.2. The monoisotopic (exact) mass is 358 g/mol. The van der Waals surface area contributed by atoms with Crippen molar-refractivity contribution in [3.63, 3.8) is 0 Å². The average Bonchev–Trinajstić information content (AvgIpc) is 3.22. The van der Waals surface area contributed by atoms with Crippen LogP contribution >= 0.6 is 34.7 Å². The number of aromatic nitrogens is 4. The van der Waals surface area contributed by atoms with Crippen LogP contribution in [0.4, 0.5) is 0 Å². The zero-order valence-electron chi connectivity index (χ0n) is 11.9. The highest BCUT2D eigenvalue weighted by Crippen LogP contribution is 2.26. The van der Waals surface area contributed by atoms with Gasteiger partial charge in [0, 0.05) is 21.7 Å². The minimum atomic E-state index is 0.744. The molecule has 4 nitrogen and oxygen atoms in total. The summed E-state index contributed by atoms with van der Waals surface area (Å²) in [4.78, 5) is 0. The number of hydrogen-bond donors (Lipinski definition) is 0. The lowest BCUT2D eigenvalue weighted by Crippen LogP contribution is -1.96. The van der Waals surface area contributed by atoms with Crippen molar-refractivity contribution >= 4 is 40.3 Å². The number of fused-ring (bicyclic) bond motifs is 1. The van der Waals surface area contributed by atoms with Gasteiger partial charge in [-0.3, -0.25) is 0 Å². The van der Waals surface area contributed by atoms with Gasteiger partial charge in [-0.25, -0.2) is 0 Å². The first-order chi connectivity index (χ1) is 11.3. The predicted octanol–water partition coefficient (Wildman–Crippen LogP) is 4.80. The molecule has 1 aromatic carbocycles. The summed E-state index contributed by atoms with van der Waals surface area (Å²) in [6.45, 7) is 0. The molecule has 0 radical (unpaired) electrons. The molecule has 0 fully saturated rings. The Morgan fingerprint density at radius 2 is 2.00 bits per heavy atom. The third-order valence-corrected chi connectivity index (χ3v) is 5.37. The van der Waals surface area contributed by atoms with Gasteiger partial charge in [0.15, 0.2) is 11.5 Å². The highest BCUT2D eigenvalue weighted by atomic mass is 35.5. The molecule has 0 atom stereocenters. The number of benzene rings is 1. The van der Waals surface area contributed by atoms with Gasteiger partial charge in [0.1, 0.15) is 5.03 Å². The molecule has 0 N–H and O–H groups in total. The number of thiophene rings is 1. The maximum Gasteiger partial charge on any atom is 0.186 e. The van der Waals surface area contributed by atoms with E-state index in [0.717, 1.165) is 38.4 Å². The molecule has 114 valence electrons. The summed E-state index contributed by atoms with van der Waals surface area (Å²) in [6.07, 6.45) is 0. The second-order valence-electron chi connectivity index (χ2n) is 4.86. The molecular weight excluding hydrogens is 348 g/mol. The lowest BCUT2D eigenvalue weighted by molar-refractivity contribution is 0.861. The quantitative estimate of drug-likeness (QED) is 0.491. The van der Waals surface area contributed by atoms with E-state index in [1.54, 1.807) is 27.6 Å². The van der Waals surface area contributed by atoms with Gasteiger partial charge >= 0.3 is 0 Å². The Morgan fingerprint density at radius 3 is 2.83 bits per heavy atom. The zero-order chi connectivity index (χ0) is 15.6.